The highest BCUT2D eigenvalue weighted by Gasteiger charge is 2.12. The molecule has 0 atom stereocenters. The van der Waals surface area contributed by atoms with Crippen LogP contribution in [0.4, 0.5) is 5.69 Å². The Kier molecular flexibility index (Phi) is 5.24. The summed E-state index contributed by atoms with van der Waals surface area (Å²) in [6, 6.07) is 6.15. The highest BCUT2D eigenvalue weighted by Crippen LogP contribution is 2.25. The van der Waals surface area contributed by atoms with E-state index in [0.717, 1.165) is 0 Å². The van der Waals surface area contributed by atoms with Crippen molar-refractivity contribution in [3.05, 3.63) is 34.4 Å². The molecule has 0 fully saturated rings. The van der Waals surface area contributed by atoms with E-state index in [-0.39, 0.29) is 37.9 Å². The number of nitro groups is 1. The van der Waals surface area contributed by atoms with Crippen LogP contribution in [0.15, 0.2) is 24.3 Å². The van der Waals surface area contributed by atoms with Gasteiger partial charge in [-0.05, 0) is 6.07 Å². The Morgan fingerprint density at radius 2 is 2.00 bits per heavy atom. The number of hydrogen-bond donors (Lipinski definition) is 1. The van der Waals surface area contributed by atoms with Crippen LogP contribution in [0.3, 0.4) is 0 Å². The third-order valence-electron chi connectivity index (χ3n) is 1.78. The molecule has 1 aromatic rings. The molecule has 0 aromatic heterocycles. The van der Waals surface area contributed by atoms with E-state index in [1.165, 1.54) is 12.1 Å². The summed E-state index contributed by atoms with van der Waals surface area (Å²) >= 11 is 0. The summed E-state index contributed by atoms with van der Waals surface area (Å²) in [6.07, 6.45) is 0. The van der Waals surface area contributed by atoms with Gasteiger partial charge in [0.15, 0.2) is 5.75 Å². The van der Waals surface area contributed by atoms with Crippen LogP contribution in [-0.2, 0) is 4.74 Å². The molecule has 6 nitrogen and oxygen atoms in total. The Morgan fingerprint density at radius 1 is 1.25 bits per heavy atom. The average Bonchev–Trinajstić information content (AvgIpc) is 2.29. The third kappa shape index (κ3) is 3.84. The molecule has 1 aromatic carbocycles. The van der Waals surface area contributed by atoms with Crippen LogP contribution in [0.5, 0.6) is 5.75 Å². The number of nitrogens with zero attached hydrogens (tertiary/aromatic N) is 1. The second-order valence-electron chi connectivity index (χ2n) is 2.91. The summed E-state index contributed by atoms with van der Waals surface area (Å²) in [5.74, 6) is 0.222. The number of aliphatic hydroxyl groups is 1. The van der Waals surface area contributed by atoms with Crippen LogP contribution in [0, 0.1) is 10.1 Å². The van der Waals surface area contributed by atoms with Crippen LogP contribution in [0.1, 0.15) is 0 Å². The molecule has 0 saturated carbocycles. The first-order chi connectivity index (χ1) is 7.75. The number of para-hydroxylation sites is 2. The molecule has 0 unspecified atom stereocenters. The maximum Gasteiger partial charge on any atom is 0.310 e. The van der Waals surface area contributed by atoms with Crippen LogP contribution in [0.25, 0.3) is 0 Å². The lowest BCUT2D eigenvalue weighted by Crippen LogP contribution is -2.09. The van der Waals surface area contributed by atoms with Crippen molar-refractivity contribution in [2.24, 2.45) is 0 Å². The molecule has 0 amide bonds. The Labute approximate surface area is 92.6 Å². The van der Waals surface area contributed by atoms with E-state index in [1.807, 2.05) is 0 Å². The fraction of sp³-hybridized carbons (Fsp3) is 0.400. The molecular weight excluding hydrogens is 214 g/mol. The fourth-order valence-corrected chi connectivity index (χ4v) is 1.11. The first-order valence-electron chi connectivity index (χ1n) is 4.80. The number of rotatable bonds is 7. The summed E-state index contributed by atoms with van der Waals surface area (Å²) < 4.78 is 10.2. The predicted molar refractivity (Wildman–Crippen MR) is 56.5 cm³/mol. The molecule has 0 aliphatic rings. The molecule has 0 aliphatic carbocycles. The Bertz CT molecular complexity index is 342. The predicted octanol–water partition coefficient (Wildman–Crippen LogP) is 0.982. The highest BCUT2D eigenvalue weighted by atomic mass is 16.6. The maximum atomic E-state index is 10.6. The molecule has 0 aliphatic heterocycles. The van der Waals surface area contributed by atoms with Crippen molar-refractivity contribution >= 4 is 5.69 Å². The lowest BCUT2D eigenvalue weighted by molar-refractivity contribution is -0.385. The molecule has 88 valence electrons. The van der Waals surface area contributed by atoms with Crippen molar-refractivity contribution in [3.63, 3.8) is 0 Å². The third-order valence-corrected chi connectivity index (χ3v) is 1.78. The van der Waals surface area contributed by atoms with Gasteiger partial charge in [0.2, 0.25) is 0 Å². The van der Waals surface area contributed by atoms with Gasteiger partial charge >= 0.3 is 5.69 Å². The van der Waals surface area contributed by atoms with E-state index in [0.29, 0.717) is 0 Å². The smallest absolute Gasteiger partial charge is 0.310 e. The lowest BCUT2D eigenvalue weighted by Gasteiger charge is -2.06. The van der Waals surface area contributed by atoms with E-state index in [4.69, 9.17) is 14.6 Å². The second kappa shape index (κ2) is 6.76. The largest absolute Gasteiger partial charge is 0.484 e. The summed E-state index contributed by atoms with van der Waals surface area (Å²) in [7, 11) is 0. The number of ether oxygens (including phenoxy) is 2. The van der Waals surface area contributed by atoms with Gasteiger partial charge < -0.3 is 14.6 Å². The number of benzene rings is 1. The Hall–Kier alpha value is -1.66. The zero-order chi connectivity index (χ0) is 11.8. The summed E-state index contributed by atoms with van der Waals surface area (Å²) in [5, 5.41) is 19.1. The number of hydrogen-bond acceptors (Lipinski definition) is 5. The molecule has 16 heavy (non-hydrogen) atoms. The Balaban J connectivity index is 2.44. The van der Waals surface area contributed by atoms with Gasteiger partial charge in [-0.1, -0.05) is 12.1 Å². The Morgan fingerprint density at radius 3 is 2.69 bits per heavy atom. The molecule has 0 saturated heterocycles. The van der Waals surface area contributed by atoms with Crippen molar-refractivity contribution in [2.45, 2.75) is 0 Å². The standard InChI is InChI=1S/C10H13NO5/c12-5-6-15-7-8-16-10-4-2-1-3-9(10)11(13)14/h1-4,12H,5-8H2. The zero-order valence-corrected chi connectivity index (χ0v) is 8.67. The van der Waals surface area contributed by atoms with Gasteiger partial charge in [-0.3, -0.25) is 10.1 Å². The molecule has 0 radical (unpaired) electrons. The van der Waals surface area contributed by atoms with Crippen molar-refractivity contribution in [1.29, 1.82) is 0 Å². The van der Waals surface area contributed by atoms with E-state index in [2.05, 4.69) is 0 Å². The van der Waals surface area contributed by atoms with Gasteiger partial charge in [0.05, 0.1) is 24.7 Å². The second-order valence-corrected chi connectivity index (χ2v) is 2.91. The van der Waals surface area contributed by atoms with Gasteiger partial charge in [0.25, 0.3) is 0 Å². The fourth-order valence-electron chi connectivity index (χ4n) is 1.11. The SMILES string of the molecule is O=[N+]([O-])c1ccccc1OCCOCCO. The van der Waals surface area contributed by atoms with E-state index in [1.54, 1.807) is 12.1 Å². The van der Waals surface area contributed by atoms with Gasteiger partial charge in [-0.2, -0.15) is 0 Å². The van der Waals surface area contributed by atoms with Crippen LogP contribution < -0.4 is 4.74 Å². The monoisotopic (exact) mass is 227 g/mol. The van der Waals surface area contributed by atoms with Crippen molar-refractivity contribution < 1.29 is 19.5 Å². The van der Waals surface area contributed by atoms with Gasteiger partial charge in [-0.15, -0.1) is 0 Å². The van der Waals surface area contributed by atoms with Gasteiger partial charge in [-0.25, -0.2) is 0 Å². The number of nitro benzene ring substituents is 1. The van der Waals surface area contributed by atoms with Crippen LogP contribution >= 0.6 is 0 Å². The van der Waals surface area contributed by atoms with Crippen molar-refractivity contribution in [1.82, 2.24) is 0 Å². The summed E-state index contributed by atoms with van der Waals surface area (Å²) in [4.78, 5) is 10.1. The molecule has 0 bridgehead atoms. The minimum absolute atomic E-state index is 0.0501. The quantitative estimate of drug-likeness (QED) is 0.426. The van der Waals surface area contributed by atoms with Crippen molar-refractivity contribution in [2.75, 3.05) is 26.4 Å². The molecule has 1 rings (SSSR count). The van der Waals surface area contributed by atoms with Gasteiger partial charge in [0.1, 0.15) is 6.61 Å². The molecule has 6 heteroatoms. The van der Waals surface area contributed by atoms with Gasteiger partial charge in [0, 0.05) is 6.07 Å². The minimum Gasteiger partial charge on any atom is -0.484 e. The average molecular weight is 227 g/mol. The van der Waals surface area contributed by atoms with E-state index < -0.39 is 4.92 Å². The lowest BCUT2D eigenvalue weighted by atomic mass is 10.3. The maximum absolute atomic E-state index is 10.6. The molecule has 0 spiro atoms. The molecule has 1 N–H and O–H groups in total. The van der Waals surface area contributed by atoms with Crippen LogP contribution in [0.2, 0.25) is 0 Å². The topological polar surface area (TPSA) is 81.8 Å². The summed E-state index contributed by atoms with van der Waals surface area (Å²) in [6.45, 7) is 0.684. The van der Waals surface area contributed by atoms with Crippen molar-refractivity contribution in [3.8, 4) is 5.75 Å². The summed E-state index contributed by atoms with van der Waals surface area (Å²) in [5.41, 5.74) is -0.0651. The highest BCUT2D eigenvalue weighted by molar-refractivity contribution is 5.45. The first kappa shape index (κ1) is 12.4. The molecular formula is C10H13NO5. The molecule has 0 heterocycles. The zero-order valence-electron chi connectivity index (χ0n) is 8.67. The van der Waals surface area contributed by atoms with Crippen LogP contribution in [-0.4, -0.2) is 36.5 Å². The first-order valence-corrected chi connectivity index (χ1v) is 4.80. The van der Waals surface area contributed by atoms with E-state index >= 15 is 0 Å². The minimum atomic E-state index is -0.496. The van der Waals surface area contributed by atoms with E-state index in [9.17, 15) is 10.1 Å². The normalized spacial score (nSPS) is 10.1. The number of aliphatic hydroxyl groups excluding tert-OH is 1.